The van der Waals surface area contributed by atoms with E-state index >= 15 is 0 Å². The zero-order valence-electron chi connectivity index (χ0n) is 6.17. The number of ether oxygens (including phenoxy) is 1. The molecular formula is C7H13NO2. The van der Waals surface area contributed by atoms with E-state index in [1.807, 2.05) is 0 Å². The van der Waals surface area contributed by atoms with Gasteiger partial charge in [0.05, 0.1) is 6.61 Å². The first-order valence-corrected chi connectivity index (χ1v) is 3.57. The average Bonchev–Trinajstić information content (AvgIpc) is 1.77. The van der Waals surface area contributed by atoms with Crippen LogP contribution in [0.2, 0.25) is 0 Å². The Hall–Kier alpha value is -0.570. The van der Waals surface area contributed by atoms with Crippen molar-refractivity contribution in [1.82, 2.24) is 0 Å². The minimum atomic E-state index is -0.194. The molecule has 3 nitrogen and oxygen atoms in total. The second-order valence-corrected chi connectivity index (χ2v) is 2.90. The molecular weight excluding hydrogens is 130 g/mol. The summed E-state index contributed by atoms with van der Waals surface area (Å²) in [7, 11) is 0. The predicted molar refractivity (Wildman–Crippen MR) is 37.3 cm³/mol. The Balaban J connectivity index is 2.00. The van der Waals surface area contributed by atoms with Crippen LogP contribution in [0.25, 0.3) is 0 Å². The van der Waals surface area contributed by atoms with Crippen LogP contribution in [0.15, 0.2) is 0 Å². The van der Waals surface area contributed by atoms with Crippen molar-refractivity contribution in [2.45, 2.75) is 25.8 Å². The van der Waals surface area contributed by atoms with E-state index in [2.05, 4.69) is 0 Å². The summed E-state index contributed by atoms with van der Waals surface area (Å²) in [5.74, 6) is 0.333. The van der Waals surface area contributed by atoms with Crippen molar-refractivity contribution in [1.29, 1.82) is 0 Å². The topological polar surface area (TPSA) is 52.3 Å². The normalized spacial score (nSPS) is 31.0. The average molecular weight is 143 g/mol. The molecule has 0 aromatic heterocycles. The molecule has 1 saturated carbocycles. The molecule has 0 atom stereocenters. The highest BCUT2D eigenvalue weighted by Crippen LogP contribution is 2.25. The van der Waals surface area contributed by atoms with Gasteiger partial charge in [0.15, 0.2) is 0 Å². The molecule has 0 spiro atoms. The number of hydrogen-bond acceptors (Lipinski definition) is 3. The van der Waals surface area contributed by atoms with Gasteiger partial charge < -0.3 is 10.5 Å². The van der Waals surface area contributed by atoms with Gasteiger partial charge in [0.2, 0.25) is 0 Å². The Labute approximate surface area is 60.5 Å². The van der Waals surface area contributed by atoms with E-state index in [-0.39, 0.29) is 5.97 Å². The van der Waals surface area contributed by atoms with Crippen LogP contribution in [-0.2, 0) is 9.53 Å². The number of carbonyl (C=O) groups is 1. The van der Waals surface area contributed by atoms with E-state index in [0.717, 1.165) is 12.8 Å². The molecule has 2 N–H and O–H groups in total. The van der Waals surface area contributed by atoms with Crippen molar-refractivity contribution < 1.29 is 9.53 Å². The van der Waals surface area contributed by atoms with Crippen LogP contribution in [0.1, 0.15) is 19.8 Å². The summed E-state index contributed by atoms with van der Waals surface area (Å²) in [5, 5.41) is 0. The summed E-state index contributed by atoms with van der Waals surface area (Å²) >= 11 is 0. The second kappa shape index (κ2) is 3.01. The van der Waals surface area contributed by atoms with Crippen LogP contribution >= 0.6 is 0 Å². The lowest BCUT2D eigenvalue weighted by Gasteiger charge is -2.31. The fourth-order valence-corrected chi connectivity index (χ4v) is 1.16. The largest absolute Gasteiger partial charge is 0.466 e. The van der Waals surface area contributed by atoms with Crippen molar-refractivity contribution in [3.8, 4) is 0 Å². The highest BCUT2D eigenvalue weighted by atomic mass is 16.5. The Morgan fingerprint density at radius 2 is 2.30 bits per heavy atom. The molecule has 0 radical (unpaired) electrons. The second-order valence-electron chi connectivity index (χ2n) is 2.90. The molecule has 58 valence electrons. The Bertz CT molecular complexity index is 130. The number of nitrogens with two attached hydrogens (primary N) is 1. The van der Waals surface area contributed by atoms with Gasteiger partial charge >= 0.3 is 5.97 Å². The zero-order chi connectivity index (χ0) is 7.56. The maximum absolute atomic E-state index is 10.3. The standard InChI is InChI=1S/C7H13NO2/c1-5(9)10-4-6-2-7(8)3-6/h6-7H,2-4,8H2,1H3/t6-,7+. The van der Waals surface area contributed by atoms with Crippen LogP contribution in [0.3, 0.4) is 0 Å². The molecule has 0 heterocycles. The van der Waals surface area contributed by atoms with Crippen LogP contribution in [0, 0.1) is 5.92 Å². The lowest BCUT2D eigenvalue weighted by molar-refractivity contribution is -0.143. The minimum Gasteiger partial charge on any atom is -0.466 e. The van der Waals surface area contributed by atoms with Gasteiger partial charge in [0, 0.05) is 13.0 Å². The third-order valence-electron chi connectivity index (χ3n) is 1.79. The molecule has 1 fully saturated rings. The van der Waals surface area contributed by atoms with Gasteiger partial charge in [-0.3, -0.25) is 4.79 Å². The first-order chi connectivity index (χ1) is 4.68. The molecule has 1 aliphatic rings. The molecule has 0 amide bonds. The highest BCUT2D eigenvalue weighted by molar-refractivity contribution is 5.65. The third kappa shape index (κ3) is 1.99. The van der Waals surface area contributed by atoms with Crippen molar-refractivity contribution in [2.24, 2.45) is 11.7 Å². The molecule has 0 aliphatic heterocycles. The van der Waals surface area contributed by atoms with E-state index in [4.69, 9.17) is 10.5 Å². The Morgan fingerprint density at radius 1 is 1.70 bits per heavy atom. The molecule has 3 heteroatoms. The van der Waals surface area contributed by atoms with Crippen molar-refractivity contribution in [3.63, 3.8) is 0 Å². The van der Waals surface area contributed by atoms with E-state index in [1.54, 1.807) is 0 Å². The number of esters is 1. The van der Waals surface area contributed by atoms with Gasteiger partial charge in [-0.15, -0.1) is 0 Å². The zero-order valence-corrected chi connectivity index (χ0v) is 6.17. The molecule has 10 heavy (non-hydrogen) atoms. The lowest BCUT2D eigenvalue weighted by Crippen LogP contribution is -2.38. The highest BCUT2D eigenvalue weighted by Gasteiger charge is 2.26. The number of carbonyl (C=O) groups excluding carboxylic acids is 1. The molecule has 1 aliphatic carbocycles. The van der Waals surface area contributed by atoms with E-state index in [9.17, 15) is 4.79 Å². The summed E-state index contributed by atoms with van der Waals surface area (Å²) < 4.78 is 4.80. The molecule has 1 rings (SSSR count). The fourth-order valence-electron chi connectivity index (χ4n) is 1.16. The summed E-state index contributed by atoms with van der Waals surface area (Å²) in [6, 6.07) is 0.348. The Kier molecular flexibility index (Phi) is 2.27. The molecule has 0 saturated heterocycles. The third-order valence-corrected chi connectivity index (χ3v) is 1.79. The van der Waals surface area contributed by atoms with Gasteiger partial charge in [-0.25, -0.2) is 0 Å². The quantitative estimate of drug-likeness (QED) is 0.565. The summed E-state index contributed by atoms with van der Waals surface area (Å²) in [6.07, 6.45) is 2.01. The number of rotatable bonds is 2. The van der Waals surface area contributed by atoms with Gasteiger partial charge in [0.1, 0.15) is 0 Å². The maximum Gasteiger partial charge on any atom is 0.302 e. The van der Waals surface area contributed by atoms with Gasteiger partial charge in [0.25, 0.3) is 0 Å². The summed E-state index contributed by atoms with van der Waals surface area (Å²) in [5.41, 5.74) is 5.53. The maximum atomic E-state index is 10.3. The summed E-state index contributed by atoms with van der Waals surface area (Å²) in [6.45, 7) is 1.99. The lowest BCUT2D eigenvalue weighted by atomic mass is 9.82. The van der Waals surface area contributed by atoms with Gasteiger partial charge in [-0.1, -0.05) is 0 Å². The van der Waals surface area contributed by atoms with E-state index in [0.29, 0.717) is 18.6 Å². The molecule has 0 aromatic rings. The van der Waals surface area contributed by atoms with Crippen molar-refractivity contribution in [2.75, 3.05) is 6.61 Å². The molecule has 0 aromatic carbocycles. The van der Waals surface area contributed by atoms with Crippen LogP contribution in [0.4, 0.5) is 0 Å². The summed E-state index contributed by atoms with van der Waals surface area (Å²) in [4.78, 5) is 10.3. The molecule has 0 bridgehead atoms. The van der Waals surface area contributed by atoms with Crippen LogP contribution in [-0.4, -0.2) is 18.6 Å². The fraction of sp³-hybridized carbons (Fsp3) is 0.857. The predicted octanol–water partition coefficient (Wildman–Crippen LogP) is 0.287. The van der Waals surface area contributed by atoms with Gasteiger partial charge in [-0.05, 0) is 18.8 Å². The van der Waals surface area contributed by atoms with Crippen molar-refractivity contribution >= 4 is 5.97 Å². The van der Waals surface area contributed by atoms with Gasteiger partial charge in [-0.2, -0.15) is 0 Å². The minimum absolute atomic E-state index is 0.194. The van der Waals surface area contributed by atoms with E-state index < -0.39 is 0 Å². The first-order valence-electron chi connectivity index (χ1n) is 3.57. The Morgan fingerprint density at radius 3 is 2.70 bits per heavy atom. The number of hydrogen-bond donors (Lipinski definition) is 1. The van der Waals surface area contributed by atoms with Crippen LogP contribution in [0.5, 0.6) is 0 Å². The SMILES string of the molecule is CC(=O)OC[C@H]1C[C@@H](N)C1. The monoisotopic (exact) mass is 143 g/mol. The smallest absolute Gasteiger partial charge is 0.302 e. The first kappa shape index (κ1) is 7.54. The van der Waals surface area contributed by atoms with E-state index in [1.165, 1.54) is 6.92 Å². The van der Waals surface area contributed by atoms with Crippen LogP contribution < -0.4 is 5.73 Å². The van der Waals surface area contributed by atoms with Crippen molar-refractivity contribution in [3.05, 3.63) is 0 Å². The molecule has 0 unspecified atom stereocenters.